The van der Waals surface area contributed by atoms with Crippen LogP contribution in [-0.2, 0) is 13.1 Å². The van der Waals surface area contributed by atoms with Crippen molar-refractivity contribution >= 4 is 0 Å². The Morgan fingerprint density at radius 1 is 1.32 bits per heavy atom. The van der Waals surface area contributed by atoms with Crippen molar-refractivity contribution in [1.29, 1.82) is 0 Å². The Bertz CT molecular complexity index is 502. The zero-order valence-electron chi connectivity index (χ0n) is 11.4. The standard InChI is InChI=1S/C14H21N5/c1-2-18-11-16-8-12(18)9-17-13-4-3-5-14(13)19-7-6-15-10-19/h6-8,10-11,13-14,17H,2-5,9H2,1H3. The summed E-state index contributed by atoms with van der Waals surface area (Å²) in [5.41, 5.74) is 1.26. The van der Waals surface area contributed by atoms with Gasteiger partial charge in [-0.3, -0.25) is 0 Å². The van der Waals surface area contributed by atoms with Crippen LogP contribution in [0.4, 0.5) is 0 Å². The molecule has 0 bridgehead atoms. The largest absolute Gasteiger partial charge is 0.334 e. The molecular weight excluding hydrogens is 238 g/mol. The summed E-state index contributed by atoms with van der Waals surface area (Å²) in [4.78, 5) is 8.37. The first-order chi connectivity index (χ1) is 9.38. The number of nitrogens with one attached hydrogen (secondary N) is 1. The fourth-order valence-corrected chi connectivity index (χ4v) is 3.02. The lowest BCUT2D eigenvalue weighted by atomic mass is 10.1. The Hall–Kier alpha value is -1.62. The molecule has 5 nitrogen and oxygen atoms in total. The highest BCUT2D eigenvalue weighted by molar-refractivity contribution is 5.00. The van der Waals surface area contributed by atoms with E-state index in [1.807, 2.05) is 25.0 Å². The van der Waals surface area contributed by atoms with Crippen LogP contribution in [0.1, 0.15) is 37.9 Å². The molecule has 19 heavy (non-hydrogen) atoms. The van der Waals surface area contributed by atoms with Gasteiger partial charge in [0, 0.05) is 43.8 Å². The number of nitrogens with zero attached hydrogens (tertiary/aromatic N) is 4. The van der Waals surface area contributed by atoms with E-state index in [1.54, 1.807) is 0 Å². The van der Waals surface area contributed by atoms with Gasteiger partial charge in [0.2, 0.25) is 0 Å². The summed E-state index contributed by atoms with van der Waals surface area (Å²) < 4.78 is 4.43. The van der Waals surface area contributed by atoms with E-state index < -0.39 is 0 Å². The number of hydrogen-bond donors (Lipinski definition) is 1. The molecule has 0 aliphatic heterocycles. The van der Waals surface area contributed by atoms with Crippen LogP contribution in [0.2, 0.25) is 0 Å². The lowest BCUT2D eigenvalue weighted by molar-refractivity contribution is 0.386. The van der Waals surface area contributed by atoms with Crippen LogP contribution in [-0.4, -0.2) is 25.1 Å². The molecule has 102 valence electrons. The number of aryl methyl sites for hydroxylation is 1. The summed E-state index contributed by atoms with van der Waals surface area (Å²) in [5.74, 6) is 0. The lowest BCUT2D eigenvalue weighted by Gasteiger charge is -2.22. The minimum atomic E-state index is 0.536. The van der Waals surface area contributed by atoms with Crippen LogP contribution in [0.5, 0.6) is 0 Å². The Morgan fingerprint density at radius 3 is 3.05 bits per heavy atom. The van der Waals surface area contributed by atoms with Crippen molar-refractivity contribution in [3.8, 4) is 0 Å². The lowest BCUT2D eigenvalue weighted by Crippen LogP contribution is -2.33. The van der Waals surface area contributed by atoms with Crippen LogP contribution < -0.4 is 5.32 Å². The van der Waals surface area contributed by atoms with Crippen molar-refractivity contribution in [1.82, 2.24) is 24.4 Å². The van der Waals surface area contributed by atoms with Gasteiger partial charge >= 0.3 is 0 Å². The van der Waals surface area contributed by atoms with E-state index in [9.17, 15) is 0 Å². The van der Waals surface area contributed by atoms with Gasteiger partial charge in [0.1, 0.15) is 0 Å². The van der Waals surface area contributed by atoms with Crippen molar-refractivity contribution in [2.75, 3.05) is 0 Å². The molecule has 1 saturated carbocycles. The summed E-state index contributed by atoms with van der Waals surface area (Å²) in [6.45, 7) is 4.02. The van der Waals surface area contributed by atoms with Crippen LogP contribution in [0.25, 0.3) is 0 Å². The second kappa shape index (κ2) is 5.57. The van der Waals surface area contributed by atoms with Gasteiger partial charge in [0.25, 0.3) is 0 Å². The van der Waals surface area contributed by atoms with Crippen molar-refractivity contribution in [3.63, 3.8) is 0 Å². The van der Waals surface area contributed by atoms with Gasteiger partial charge in [-0.1, -0.05) is 0 Å². The van der Waals surface area contributed by atoms with Crippen molar-refractivity contribution in [2.24, 2.45) is 0 Å². The molecule has 1 fully saturated rings. The molecule has 2 heterocycles. The Kier molecular flexibility index (Phi) is 3.64. The van der Waals surface area contributed by atoms with E-state index in [1.165, 1.54) is 25.0 Å². The molecule has 0 saturated heterocycles. The van der Waals surface area contributed by atoms with E-state index in [0.29, 0.717) is 12.1 Å². The zero-order valence-corrected chi connectivity index (χ0v) is 11.4. The Morgan fingerprint density at radius 2 is 2.26 bits per heavy atom. The summed E-state index contributed by atoms with van der Waals surface area (Å²) in [7, 11) is 0. The number of aromatic nitrogens is 4. The third kappa shape index (κ3) is 2.56. The Labute approximate surface area is 113 Å². The topological polar surface area (TPSA) is 47.7 Å². The first kappa shape index (κ1) is 12.4. The third-order valence-corrected chi connectivity index (χ3v) is 4.07. The summed E-state index contributed by atoms with van der Waals surface area (Å²) in [6.07, 6.45) is 13.5. The molecule has 0 amide bonds. The molecule has 0 spiro atoms. The highest BCUT2D eigenvalue weighted by Gasteiger charge is 2.27. The van der Waals surface area contributed by atoms with Gasteiger partial charge in [0.05, 0.1) is 18.3 Å². The maximum absolute atomic E-state index is 4.21. The molecule has 1 N–H and O–H groups in total. The molecule has 2 atom stereocenters. The van der Waals surface area contributed by atoms with Crippen LogP contribution in [0, 0.1) is 0 Å². The van der Waals surface area contributed by atoms with Gasteiger partial charge < -0.3 is 14.5 Å². The van der Waals surface area contributed by atoms with Crippen LogP contribution >= 0.6 is 0 Å². The normalized spacial score (nSPS) is 23.0. The maximum Gasteiger partial charge on any atom is 0.0949 e. The Balaban J connectivity index is 1.63. The summed E-state index contributed by atoms with van der Waals surface area (Å²) >= 11 is 0. The molecule has 2 unspecified atom stereocenters. The third-order valence-electron chi connectivity index (χ3n) is 4.07. The summed E-state index contributed by atoms with van der Waals surface area (Å²) in [5, 5.41) is 3.69. The predicted octanol–water partition coefficient (Wildman–Crippen LogP) is 1.98. The molecule has 1 aliphatic rings. The quantitative estimate of drug-likeness (QED) is 0.893. The maximum atomic E-state index is 4.21. The van der Waals surface area contributed by atoms with Gasteiger partial charge in [-0.15, -0.1) is 0 Å². The average Bonchev–Trinajstić information content (AvgIpc) is 3.16. The fraction of sp³-hybridized carbons (Fsp3) is 0.571. The summed E-state index contributed by atoms with van der Waals surface area (Å²) in [6, 6.07) is 1.08. The molecule has 5 heteroatoms. The average molecular weight is 259 g/mol. The minimum Gasteiger partial charge on any atom is -0.334 e. The van der Waals surface area contributed by atoms with E-state index in [-0.39, 0.29) is 0 Å². The van der Waals surface area contributed by atoms with Crippen LogP contribution in [0.15, 0.2) is 31.2 Å². The smallest absolute Gasteiger partial charge is 0.0949 e. The van der Waals surface area contributed by atoms with Gasteiger partial charge in [-0.2, -0.15) is 0 Å². The highest BCUT2D eigenvalue weighted by Crippen LogP contribution is 2.30. The number of hydrogen-bond acceptors (Lipinski definition) is 3. The van der Waals surface area contributed by atoms with Gasteiger partial charge in [0.15, 0.2) is 0 Å². The van der Waals surface area contributed by atoms with E-state index in [4.69, 9.17) is 0 Å². The highest BCUT2D eigenvalue weighted by atomic mass is 15.1. The zero-order chi connectivity index (χ0) is 13.1. The first-order valence-corrected chi connectivity index (χ1v) is 7.08. The van der Waals surface area contributed by atoms with Crippen molar-refractivity contribution < 1.29 is 0 Å². The molecule has 0 radical (unpaired) electrons. The van der Waals surface area contributed by atoms with E-state index in [2.05, 4.69) is 37.5 Å². The predicted molar refractivity (Wildman–Crippen MR) is 73.6 cm³/mol. The van der Waals surface area contributed by atoms with Crippen LogP contribution in [0.3, 0.4) is 0 Å². The molecule has 1 aliphatic carbocycles. The minimum absolute atomic E-state index is 0.536. The molecule has 3 rings (SSSR count). The molecular formula is C14H21N5. The second-order valence-electron chi connectivity index (χ2n) is 5.17. The number of imidazole rings is 2. The molecule has 2 aromatic heterocycles. The second-order valence-corrected chi connectivity index (χ2v) is 5.17. The van der Waals surface area contributed by atoms with E-state index >= 15 is 0 Å². The molecule has 0 aromatic carbocycles. The van der Waals surface area contributed by atoms with Crippen molar-refractivity contribution in [3.05, 3.63) is 36.9 Å². The number of rotatable bonds is 5. The van der Waals surface area contributed by atoms with Gasteiger partial charge in [-0.05, 0) is 26.2 Å². The molecule has 2 aromatic rings. The van der Waals surface area contributed by atoms with Gasteiger partial charge in [-0.25, -0.2) is 9.97 Å². The monoisotopic (exact) mass is 259 g/mol. The van der Waals surface area contributed by atoms with E-state index in [0.717, 1.165) is 13.1 Å². The first-order valence-electron chi connectivity index (χ1n) is 7.08. The SMILES string of the molecule is CCn1cncc1CNC1CCCC1n1ccnc1. The fourth-order valence-electron chi connectivity index (χ4n) is 3.02. The van der Waals surface area contributed by atoms with Crippen molar-refractivity contribution in [2.45, 2.75) is 51.4 Å².